The molecular formula is C20H25N3O2S. The average Bonchev–Trinajstić information content (AvgIpc) is 3.11. The number of aromatic nitrogens is 2. The fraction of sp³-hybridized carbons (Fsp3) is 0.600. The molecular weight excluding hydrogens is 346 g/mol. The first kappa shape index (κ1) is 16.5. The van der Waals surface area contributed by atoms with Gasteiger partial charge in [-0.3, -0.25) is 0 Å². The number of hydrogen-bond donors (Lipinski definition) is 1. The number of thioether (sulfide) groups is 1. The van der Waals surface area contributed by atoms with Crippen LogP contribution >= 0.6 is 11.8 Å². The van der Waals surface area contributed by atoms with Gasteiger partial charge in [0.1, 0.15) is 5.75 Å². The quantitative estimate of drug-likeness (QED) is 0.586. The predicted octanol–water partition coefficient (Wildman–Crippen LogP) is 4.71. The molecule has 4 saturated carbocycles. The van der Waals surface area contributed by atoms with Crippen molar-refractivity contribution < 1.29 is 9.15 Å². The van der Waals surface area contributed by atoms with Gasteiger partial charge < -0.3 is 14.5 Å². The number of nitrogens with zero attached hydrogens (tertiary/aromatic N) is 2. The van der Waals surface area contributed by atoms with E-state index in [1.807, 2.05) is 24.3 Å². The van der Waals surface area contributed by atoms with Crippen LogP contribution in [0.3, 0.4) is 0 Å². The van der Waals surface area contributed by atoms with Crippen LogP contribution in [-0.4, -0.2) is 23.2 Å². The summed E-state index contributed by atoms with van der Waals surface area (Å²) in [5.41, 5.74) is 1.24. The van der Waals surface area contributed by atoms with E-state index >= 15 is 0 Å². The van der Waals surface area contributed by atoms with Crippen molar-refractivity contribution in [1.82, 2.24) is 10.2 Å². The molecule has 26 heavy (non-hydrogen) atoms. The van der Waals surface area contributed by atoms with E-state index in [0.717, 1.165) is 35.1 Å². The molecule has 0 atom stereocenters. The zero-order chi connectivity index (χ0) is 17.6. The molecule has 0 amide bonds. The van der Waals surface area contributed by atoms with E-state index in [2.05, 4.69) is 15.5 Å². The van der Waals surface area contributed by atoms with Crippen LogP contribution in [0.25, 0.3) is 0 Å². The maximum Gasteiger partial charge on any atom is 0.278 e. The third-order valence-electron chi connectivity index (χ3n) is 6.46. The third kappa shape index (κ3) is 2.98. The topological polar surface area (TPSA) is 60.2 Å². The number of ether oxygens (including phenoxy) is 1. The monoisotopic (exact) mass is 371 g/mol. The highest BCUT2D eigenvalue weighted by Gasteiger charge is 2.54. The average molecular weight is 372 g/mol. The lowest BCUT2D eigenvalue weighted by molar-refractivity contribution is -0.0191. The molecule has 138 valence electrons. The third-order valence-corrected chi connectivity index (χ3v) is 7.16. The Kier molecular flexibility index (Phi) is 4.11. The molecule has 1 aromatic heterocycles. The molecule has 0 aliphatic heterocycles. The molecule has 6 heteroatoms. The van der Waals surface area contributed by atoms with Crippen molar-refractivity contribution in [2.45, 2.75) is 49.2 Å². The second-order valence-corrected chi connectivity index (χ2v) is 9.19. The number of anilines is 1. The van der Waals surface area contributed by atoms with Crippen LogP contribution in [0.1, 0.15) is 44.4 Å². The largest absolute Gasteiger partial charge is 0.497 e. The molecule has 0 radical (unpaired) electrons. The molecule has 1 heterocycles. The summed E-state index contributed by atoms with van der Waals surface area (Å²) in [5, 5.41) is 12.8. The van der Waals surface area contributed by atoms with Gasteiger partial charge in [-0.15, -0.1) is 10.2 Å². The Bertz CT molecular complexity index is 738. The first-order valence-corrected chi connectivity index (χ1v) is 10.6. The summed E-state index contributed by atoms with van der Waals surface area (Å²) < 4.78 is 11.3. The van der Waals surface area contributed by atoms with Gasteiger partial charge in [0.25, 0.3) is 5.22 Å². The van der Waals surface area contributed by atoms with E-state index in [4.69, 9.17) is 9.15 Å². The summed E-state index contributed by atoms with van der Waals surface area (Å²) >= 11 is 1.57. The van der Waals surface area contributed by atoms with Crippen molar-refractivity contribution in [2.75, 3.05) is 18.3 Å². The predicted molar refractivity (Wildman–Crippen MR) is 101 cm³/mol. The lowest BCUT2D eigenvalue weighted by Crippen LogP contribution is -2.48. The second-order valence-electron chi connectivity index (χ2n) is 8.26. The Balaban J connectivity index is 1.22. The van der Waals surface area contributed by atoms with Gasteiger partial charge in [0.15, 0.2) is 0 Å². The van der Waals surface area contributed by atoms with Crippen LogP contribution in [0.15, 0.2) is 33.9 Å². The smallest absolute Gasteiger partial charge is 0.278 e. The molecule has 4 aliphatic carbocycles. The Hall–Kier alpha value is -1.69. The maximum atomic E-state index is 6.12. The number of hydrogen-bond acceptors (Lipinski definition) is 6. The summed E-state index contributed by atoms with van der Waals surface area (Å²) in [6.07, 6.45) is 8.07. The second kappa shape index (κ2) is 6.48. The highest BCUT2D eigenvalue weighted by atomic mass is 32.2. The van der Waals surface area contributed by atoms with Crippen LogP contribution in [0.5, 0.6) is 5.75 Å². The van der Waals surface area contributed by atoms with Crippen molar-refractivity contribution in [3.63, 3.8) is 0 Å². The SMILES string of the molecule is COc1ccc(NCSc2nnc(C34CC5CC(CC(C5)C3)C4)o2)cc1. The Morgan fingerprint density at radius 1 is 1.08 bits per heavy atom. The Morgan fingerprint density at radius 3 is 2.35 bits per heavy atom. The highest BCUT2D eigenvalue weighted by molar-refractivity contribution is 7.99. The summed E-state index contributed by atoms with van der Waals surface area (Å²) in [7, 11) is 1.68. The minimum absolute atomic E-state index is 0.184. The van der Waals surface area contributed by atoms with Gasteiger partial charge in [0.05, 0.1) is 13.0 Å². The molecule has 4 bridgehead atoms. The summed E-state index contributed by atoms with van der Waals surface area (Å²) in [4.78, 5) is 0. The molecule has 0 spiro atoms. The summed E-state index contributed by atoms with van der Waals surface area (Å²) in [6, 6.07) is 7.91. The molecule has 0 unspecified atom stereocenters. The van der Waals surface area contributed by atoms with Crippen LogP contribution in [0.2, 0.25) is 0 Å². The van der Waals surface area contributed by atoms with Crippen molar-refractivity contribution in [3.05, 3.63) is 30.2 Å². The minimum atomic E-state index is 0.184. The molecule has 1 aromatic carbocycles. The zero-order valence-corrected chi connectivity index (χ0v) is 15.9. The molecule has 0 saturated heterocycles. The fourth-order valence-corrected chi connectivity index (χ4v) is 6.34. The van der Waals surface area contributed by atoms with E-state index in [1.165, 1.54) is 38.5 Å². The normalized spacial score (nSPS) is 32.0. The fourth-order valence-electron chi connectivity index (χ4n) is 5.75. The Morgan fingerprint density at radius 2 is 1.73 bits per heavy atom. The van der Waals surface area contributed by atoms with Crippen LogP contribution in [0.4, 0.5) is 5.69 Å². The molecule has 1 N–H and O–H groups in total. The standard InChI is InChI=1S/C20H25N3O2S/c1-24-17-4-2-16(3-5-17)21-12-26-19-23-22-18(25-19)20-9-13-6-14(10-20)8-15(7-13)11-20/h2-5,13-15,21H,6-12H2,1H3. The summed E-state index contributed by atoms with van der Waals surface area (Å²) in [5.74, 6) is 5.14. The number of rotatable bonds is 6. The van der Waals surface area contributed by atoms with Gasteiger partial charge in [-0.2, -0.15) is 0 Å². The highest BCUT2D eigenvalue weighted by Crippen LogP contribution is 2.60. The van der Waals surface area contributed by atoms with E-state index in [0.29, 0.717) is 11.1 Å². The maximum absolute atomic E-state index is 6.12. The van der Waals surface area contributed by atoms with E-state index in [-0.39, 0.29) is 5.41 Å². The van der Waals surface area contributed by atoms with Gasteiger partial charge in [-0.25, -0.2) is 0 Å². The first-order chi connectivity index (χ1) is 12.7. The minimum Gasteiger partial charge on any atom is -0.497 e. The van der Waals surface area contributed by atoms with Crippen molar-refractivity contribution in [1.29, 1.82) is 0 Å². The van der Waals surface area contributed by atoms with Gasteiger partial charge in [-0.1, -0.05) is 0 Å². The molecule has 4 aliphatic rings. The van der Waals surface area contributed by atoms with Gasteiger partial charge in [-0.05, 0) is 92.3 Å². The number of nitrogens with one attached hydrogen (secondary N) is 1. The molecule has 2 aromatic rings. The van der Waals surface area contributed by atoms with E-state index < -0.39 is 0 Å². The van der Waals surface area contributed by atoms with Crippen LogP contribution in [-0.2, 0) is 5.41 Å². The van der Waals surface area contributed by atoms with Crippen LogP contribution in [0, 0.1) is 17.8 Å². The van der Waals surface area contributed by atoms with E-state index in [1.54, 1.807) is 18.9 Å². The molecule has 4 fully saturated rings. The summed E-state index contributed by atoms with van der Waals surface area (Å²) in [6.45, 7) is 0. The first-order valence-electron chi connectivity index (χ1n) is 9.57. The lowest BCUT2D eigenvalue weighted by Gasteiger charge is -2.55. The van der Waals surface area contributed by atoms with Crippen molar-refractivity contribution in [3.8, 4) is 5.75 Å². The van der Waals surface area contributed by atoms with Crippen molar-refractivity contribution in [2.24, 2.45) is 17.8 Å². The van der Waals surface area contributed by atoms with Gasteiger partial charge in [0, 0.05) is 11.1 Å². The van der Waals surface area contributed by atoms with Gasteiger partial charge >= 0.3 is 0 Å². The number of methoxy groups -OCH3 is 1. The van der Waals surface area contributed by atoms with Crippen LogP contribution < -0.4 is 10.1 Å². The molecule has 5 nitrogen and oxygen atoms in total. The number of benzene rings is 1. The lowest BCUT2D eigenvalue weighted by atomic mass is 9.49. The van der Waals surface area contributed by atoms with E-state index in [9.17, 15) is 0 Å². The molecule has 6 rings (SSSR count). The van der Waals surface area contributed by atoms with Gasteiger partial charge in [0.2, 0.25) is 5.89 Å². The van der Waals surface area contributed by atoms with Crippen molar-refractivity contribution >= 4 is 17.4 Å². The zero-order valence-electron chi connectivity index (χ0n) is 15.1. The Labute approximate surface area is 158 Å².